The zero-order valence-corrected chi connectivity index (χ0v) is 12.1. The molecule has 8 heteroatoms. The summed E-state index contributed by atoms with van der Waals surface area (Å²) in [5.74, 6) is -0.934. The zero-order valence-electron chi connectivity index (χ0n) is 10.5. The molecule has 2 rings (SSSR count). The third kappa shape index (κ3) is 3.45. The lowest BCUT2D eigenvalue weighted by atomic mass is 10.1. The van der Waals surface area contributed by atoms with Crippen LogP contribution in [0, 0.1) is 10.1 Å². The molecule has 108 valence electrons. The summed E-state index contributed by atoms with van der Waals surface area (Å²) in [4.78, 5) is 33.7. The smallest absolute Gasteiger partial charge is 0.269 e. The molecule has 2 aromatic rings. The van der Waals surface area contributed by atoms with Gasteiger partial charge in [0.2, 0.25) is 5.91 Å². The first-order valence-electron chi connectivity index (χ1n) is 5.75. The van der Waals surface area contributed by atoms with Crippen molar-refractivity contribution in [3.8, 4) is 0 Å². The Kier molecular flexibility index (Phi) is 4.66. The van der Waals surface area contributed by atoms with Gasteiger partial charge in [-0.15, -0.1) is 22.9 Å². The molecule has 1 heterocycles. The number of nitro benzene ring substituents is 1. The standard InChI is InChI=1S/C13H9ClN2O4S/c14-7-11(17)15-13-10(5-6-21-13)12(18)8-1-3-9(4-2-8)16(19)20/h1-6H,7H2,(H,15,17). The number of halogens is 1. The van der Waals surface area contributed by atoms with Gasteiger partial charge in [0.15, 0.2) is 5.78 Å². The molecule has 0 fully saturated rings. The summed E-state index contributed by atoms with van der Waals surface area (Å²) in [6.07, 6.45) is 0. The second-order valence-electron chi connectivity index (χ2n) is 3.98. The lowest BCUT2D eigenvalue weighted by Crippen LogP contribution is -2.14. The maximum atomic E-state index is 12.3. The molecule has 0 unspecified atom stereocenters. The van der Waals surface area contributed by atoms with Gasteiger partial charge in [-0.25, -0.2) is 0 Å². The number of hydrogen-bond donors (Lipinski definition) is 1. The summed E-state index contributed by atoms with van der Waals surface area (Å²) in [7, 11) is 0. The van der Waals surface area contributed by atoms with Gasteiger partial charge in [0.1, 0.15) is 10.9 Å². The van der Waals surface area contributed by atoms with E-state index >= 15 is 0 Å². The predicted molar refractivity (Wildman–Crippen MR) is 80.2 cm³/mol. The number of carbonyl (C=O) groups excluding carboxylic acids is 2. The van der Waals surface area contributed by atoms with Crippen LogP contribution in [0.3, 0.4) is 0 Å². The van der Waals surface area contributed by atoms with E-state index in [1.165, 1.54) is 35.6 Å². The van der Waals surface area contributed by atoms with E-state index in [9.17, 15) is 19.7 Å². The van der Waals surface area contributed by atoms with Crippen LogP contribution in [-0.2, 0) is 4.79 Å². The van der Waals surface area contributed by atoms with Crippen LogP contribution in [0.5, 0.6) is 0 Å². The van der Waals surface area contributed by atoms with Gasteiger partial charge < -0.3 is 5.32 Å². The Bertz CT molecular complexity index is 696. The van der Waals surface area contributed by atoms with Crippen molar-refractivity contribution < 1.29 is 14.5 Å². The number of nitrogens with one attached hydrogen (secondary N) is 1. The monoisotopic (exact) mass is 324 g/mol. The van der Waals surface area contributed by atoms with Crippen molar-refractivity contribution in [2.24, 2.45) is 0 Å². The molecule has 0 aliphatic rings. The first kappa shape index (κ1) is 15.1. The molecule has 1 aromatic heterocycles. The first-order valence-corrected chi connectivity index (χ1v) is 7.17. The quantitative estimate of drug-likeness (QED) is 0.396. The van der Waals surface area contributed by atoms with Gasteiger partial charge in [-0.2, -0.15) is 0 Å². The Hall–Kier alpha value is -2.25. The largest absolute Gasteiger partial charge is 0.316 e. The topological polar surface area (TPSA) is 89.3 Å². The summed E-state index contributed by atoms with van der Waals surface area (Å²) in [6, 6.07) is 6.86. The Morgan fingerprint density at radius 1 is 1.24 bits per heavy atom. The minimum absolute atomic E-state index is 0.0902. The number of hydrogen-bond acceptors (Lipinski definition) is 5. The summed E-state index contributed by atoms with van der Waals surface area (Å²) in [5, 5.41) is 15.2. The number of thiophene rings is 1. The number of anilines is 1. The lowest BCUT2D eigenvalue weighted by molar-refractivity contribution is -0.384. The minimum Gasteiger partial charge on any atom is -0.316 e. The molecule has 0 aliphatic heterocycles. The van der Waals surface area contributed by atoms with E-state index in [-0.39, 0.29) is 17.4 Å². The van der Waals surface area contributed by atoms with Gasteiger partial charge in [0, 0.05) is 17.7 Å². The van der Waals surface area contributed by atoms with E-state index in [0.717, 1.165) is 0 Å². The summed E-state index contributed by atoms with van der Waals surface area (Å²) in [5.41, 5.74) is 0.542. The number of nitrogens with zero attached hydrogens (tertiary/aromatic N) is 1. The number of alkyl halides is 1. The maximum absolute atomic E-state index is 12.3. The molecule has 0 atom stereocenters. The molecule has 1 aromatic carbocycles. The third-order valence-electron chi connectivity index (χ3n) is 2.62. The van der Waals surface area contributed by atoms with Crippen molar-refractivity contribution in [1.29, 1.82) is 0 Å². The van der Waals surface area contributed by atoms with Crippen molar-refractivity contribution in [3.63, 3.8) is 0 Å². The van der Waals surface area contributed by atoms with Crippen LogP contribution in [0.25, 0.3) is 0 Å². The van der Waals surface area contributed by atoms with E-state index in [2.05, 4.69) is 5.32 Å². The summed E-state index contributed by atoms with van der Waals surface area (Å²) in [6.45, 7) is 0. The molecule has 0 saturated carbocycles. The Morgan fingerprint density at radius 3 is 2.48 bits per heavy atom. The van der Waals surface area contributed by atoms with Gasteiger partial charge >= 0.3 is 0 Å². The van der Waals surface area contributed by atoms with Gasteiger partial charge in [-0.1, -0.05) is 0 Å². The maximum Gasteiger partial charge on any atom is 0.269 e. The molecule has 0 bridgehead atoms. The summed E-state index contributed by atoms with van der Waals surface area (Å²) < 4.78 is 0. The second kappa shape index (κ2) is 6.47. The van der Waals surface area contributed by atoms with Crippen molar-refractivity contribution >= 4 is 45.3 Å². The fourth-order valence-corrected chi connectivity index (χ4v) is 2.50. The van der Waals surface area contributed by atoms with Crippen LogP contribution in [-0.4, -0.2) is 22.5 Å². The molecular weight excluding hydrogens is 316 g/mol. The molecule has 0 radical (unpaired) electrons. The number of carbonyl (C=O) groups is 2. The van der Waals surface area contributed by atoms with Gasteiger partial charge in [-0.3, -0.25) is 19.7 Å². The molecular formula is C13H9ClN2O4S. The fraction of sp³-hybridized carbons (Fsp3) is 0.0769. The molecule has 21 heavy (non-hydrogen) atoms. The average Bonchev–Trinajstić information content (AvgIpc) is 2.94. The molecule has 1 N–H and O–H groups in total. The number of rotatable bonds is 5. The Balaban J connectivity index is 2.26. The van der Waals surface area contributed by atoms with Crippen molar-refractivity contribution in [3.05, 3.63) is 57.0 Å². The van der Waals surface area contributed by atoms with E-state index < -0.39 is 10.8 Å². The molecule has 1 amide bonds. The highest BCUT2D eigenvalue weighted by atomic mass is 35.5. The molecule has 6 nitrogen and oxygen atoms in total. The van der Waals surface area contributed by atoms with Crippen molar-refractivity contribution in [2.75, 3.05) is 11.2 Å². The van der Waals surface area contributed by atoms with E-state index in [4.69, 9.17) is 11.6 Å². The van der Waals surface area contributed by atoms with Gasteiger partial charge in [0.05, 0.1) is 10.5 Å². The zero-order chi connectivity index (χ0) is 15.4. The average molecular weight is 325 g/mol. The second-order valence-corrected chi connectivity index (χ2v) is 5.16. The number of non-ortho nitro benzene ring substituents is 1. The number of ketones is 1. The van der Waals surface area contributed by atoms with Crippen molar-refractivity contribution in [2.45, 2.75) is 0 Å². The lowest BCUT2D eigenvalue weighted by Gasteiger charge is -2.04. The van der Waals surface area contributed by atoms with E-state index in [0.29, 0.717) is 16.1 Å². The molecule has 0 saturated heterocycles. The highest BCUT2D eigenvalue weighted by molar-refractivity contribution is 7.14. The van der Waals surface area contributed by atoms with Crippen LogP contribution >= 0.6 is 22.9 Å². The van der Waals surface area contributed by atoms with Crippen LogP contribution in [0.1, 0.15) is 15.9 Å². The SMILES string of the molecule is O=C(CCl)Nc1sccc1C(=O)c1ccc([N+](=O)[O-])cc1. The van der Waals surface area contributed by atoms with Crippen LogP contribution in [0.2, 0.25) is 0 Å². The predicted octanol–water partition coefficient (Wildman–Crippen LogP) is 3.06. The number of benzene rings is 1. The highest BCUT2D eigenvalue weighted by Gasteiger charge is 2.17. The van der Waals surface area contributed by atoms with E-state index in [1.807, 2.05) is 0 Å². The van der Waals surface area contributed by atoms with Gasteiger partial charge in [-0.05, 0) is 23.6 Å². The number of amides is 1. The number of nitro groups is 1. The minimum atomic E-state index is -0.537. The Morgan fingerprint density at radius 2 is 1.90 bits per heavy atom. The fourth-order valence-electron chi connectivity index (χ4n) is 1.63. The van der Waals surface area contributed by atoms with Crippen LogP contribution in [0.4, 0.5) is 10.7 Å². The van der Waals surface area contributed by atoms with Gasteiger partial charge in [0.25, 0.3) is 5.69 Å². The van der Waals surface area contributed by atoms with E-state index in [1.54, 1.807) is 11.4 Å². The first-order chi connectivity index (χ1) is 10.0. The van der Waals surface area contributed by atoms with Crippen LogP contribution < -0.4 is 5.32 Å². The highest BCUT2D eigenvalue weighted by Crippen LogP contribution is 2.26. The third-order valence-corrected chi connectivity index (χ3v) is 3.70. The Labute approximate surface area is 128 Å². The molecule has 0 aliphatic carbocycles. The normalized spacial score (nSPS) is 10.1. The molecule has 0 spiro atoms. The van der Waals surface area contributed by atoms with Crippen LogP contribution in [0.15, 0.2) is 35.7 Å². The van der Waals surface area contributed by atoms with Crippen molar-refractivity contribution in [1.82, 2.24) is 0 Å². The summed E-state index contributed by atoms with van der Waals surface area (Å²) >= 11 is 6.61.